The van der Waals surface area contributed by atoms with Gasteiger partial charge >= 0.3 is 0 Å². The number of H-pyrrole nitrogens is 1. The number of hydrogen-bond donors (Lipinski definition) is 2. The Morgan fingerprint density at radius 3 is 2.71 bits per heavy atom. The van der Waals surface area contributed by atoms with Crippen molar-refractivity contribution in [2.24, 2.45) is 0 Å². The van der Waals surface area contributed by atoms with Crippen LogP contribution in [0.15, 0.2) is 47.6 Å². The molecule has 28 heavy (non-hydrogen) atoms. The van der Waals surface area contributed by atoms with E-state index in [2.05, 4.69) is 20.5 Å². The van der Waals surface area contributed by atoms with Gasteiger partial charge in [-0.2, -0.15) is 0 Å². The number of thioether (sulfide) groups is 1. The molecule has 2 aromatic carbocycles. The molecule has 1 heterocycles. The number of aromatic amines is 1. The summed E-state index contributed by atoms with van der Waals surface area (Å²) in [6.07, 6.45) is 3.52. The van der Waals surface area contributed by atoms with Crippen LogP contribution in [0.25, 0.3) is 12.2 Å². The molecule has 0 unspecified atom stereocenters. The normalized spacial score (nSPS) is 11.1. The molecule has 1 amide bonds. The molecule has 0 fully saturated rings. The third-order valence-corrected chi connectivity index (χ3v) is 5.04. The van der Waals surface area contributed by atoms with E-state index >= 15 is 0 Å². The number of halogens is 3. The average Bonchev–Trinajstić information content (AvgIpc) is 3.13. The van der Waals surface area contributed by atoms with E-state index in [0.29, 0.717) is 27.6 Å². The molecule has 0 saturated heterocycles. The number of nitrogens with one attached hydrogen (secondary N) is 2. The van der Waals surface area contributed by atoms with Crippen LogP contribution >= 0.6 is 35.0 Å². The van der Waals surface area contributed by atoms with Crippen molar-refractivity contribution in [2.45, 2.75) is 11.7 Å². The number of benzene rings is 2. The predicted molar refractivity (Wildman–Crippen MR) is 111 cm³/mol. The fourth-order valence-corrected chi connectivity index (χ4v) is 3.30. The molecular weight excluding hydrogens is 422 g/mol. The van der Waals surface area contributed by atoms with Crippen molar-refractivity contribution < 1.29 is 9.18 Å². The highest BCUT2D eigenvalue weighted by atomic mass is 35.5. The van der Waals surface area contributed by atoms with Gasteiger partial charge < -0.3 is 5.32 Å². The van der Waals surface area contributed by atoms with Gasteiger partial charge in [0.15, 0.2) is 0 Å². The van der Waals surface area contributed by atoms with Crippen molar-refractivity contribution >= 4 is 53.0 Å². The first-order chi connectivity index (χ1) is 13.5. The molecular formula is C19H15Cl2FN4OS. The van der Waals surface area contributed by atoms with Crippen LogP contribution in [0, 0.1) is 5.82 Å². The first-order valence-corrected chi connectivity index (χ1v) is 9.93. The van der Waals surface area contributed by atoms with Gasteiger partial charge in [-0.25, -0.2) is 9.37 Å². The van der Waals surface area contributed by atoms with Gasteiger partial charge in [0.2, 0.25) is 11.1 Å². The number of rotatable bonds is 7. The van der Waals surface area contributed by atoms with E-state index in [1.165, 1.54) is 23.9 Å². The van der Waals surface area contributed by atoms with E-state index in [1.54, 1.807) is 42.5 Å². The highest BCUT2D eigenvalue weighted by molar-refractivity contribution is 7.99. The van der Waals surface area contributed by atoms with Crippen molar-refractivity contribution in [2.75, 3.05) is 5.75 Å². The molecule has 2 N–H and O–H groups in total. The van der Waals surface area contributed by atoms with Crippen LogP contribution in [0.5, 0.6) is 0 Å². The van der Waals surface area contributed by atoms with Crippen LogP contribution in [0.1, 0.15) is 17.0 Å². The minimum Gasteiger partial charge on any atom is -0.351 e. The van der Waals surface area contributed by atoms with Gasteiger partial charge in [0.1, 0.15) is 11.6 Å². The Bertz CT molecular complexity index is 992. The maximum atomic E-state index is 12.9. The molecule has 0 aliphatic rings. The molecule has 1 aromatic heterocycles. The average molecular weight is 437 g/mol. The predicted octanol–water partition coefficient (Wildman–Crippen LogP) is 4.83. The second-order valence-electron chi connectivity index (χ2n) is 5.69. The standard InChI is InChI=1S/C19H15Cl2FN4OS/c20-14-5-4-13(16(21)9-14)10-23-18(27)11-28-19-24-17(25-26-19)8-3-12-1-6-15(22)7-2-12/h1-9H,10-11H2,(H,23,27)(H,24,25,26). The largest absolute Gasteiger partial charge is 0.351 e. The van der Waals surface area contributed by atoms with Crippen molar-refractivity contribution in [1.82, 2.24) is 20.5 Å². The Kier molecular flexibility index (Phi) is 7.08. The van der Waals surface area contributed by atoms with E-state index in [9.17, 15) is 9.18 Å². The molecule has 0 aliphatic carbocycles. The summed E-state index contributed by atoms with van der Waals surface area (Å²) in [5.41, 5.74) is 1.63. The summed E-state index contributed by atoms with van der Waals surface area (Å²) >= 11 is 13.1. The van der Waals surface area contributed by atoms with Gasteiger partial charge in [0, 0.05) is 16.6 Å². The first-order valence-electron chi connectivity index (χ1n) is 8.19. The van der Waals surface area contributed by atoms with E-state index in [1.807, 2.05) is 0 Å². The quantitative estimate of drug-likeness (QED) is 0.520. The third kappa shape index (κ3) is 6.09. The molecule has 0 radical (unpaired) electrons. The minimum absolute atomic E-state index is 0.163. The van der Waals surface area contributed by atoms with Gasteiger partial charge in [-0.15, -0.1) is 5.10 Å². The summed E-state index contributed by atoms with van der Waals surface area (Å²) in [5.74, 6) is 0.265. The molecule has 0 spiro atoms. The van der Waals surface area contributed by atoms with Crippen LogP contribution in [-0.2, 0) is 11.3 Å². The monoisotopic (exact) mass is 436 g/mol. The number of nitrogens with zero attached hydrogens (tertiary/aromatic N) is 2. The van der Waals surface area contributed by atoms with Crippen LogP contribution in [0.2, 0.25) is 10.0 Å². The third-order valence-electron chi connectivity index (χ3n) is 3.61. The van der Waals surface area contributed by atoms with Crippen LogP contribution in [0.4, 0.5) is 4.39 Å². The topological polar surface area (TPSA) is 70.7 Å². The van der Waals surface area contributed by atoms with Gasteiger partial charge in [-0.1, -0.05) is 59.2 Å². The zero-order valence-electron chi connectivity index (χ0n) is 14.5. The minimum atomic E-state index is -0.285. The molecule has 0 atom stereocenters. The van der Waals surface area contributed by atoms with Gasteiger partial charge in [-0.3, -0.25) is 9.89 Å². The summed E-state index contributed by atoms with van der Waals surface area (Å²) in [6.45, 7) is 0.315. The zero-order valence-corrected chi connectivity index (χ0v) is 16.8. The Morgan fingerprint density at radius 1 is 1.18 bits per heavy atom. The second-order valence-corrected chi connectivity index (χ2v) is 7.48. The number of carbonyl (C=O) groups is 1. The van der Waals surface area contributed by atoms with Crippen molar-refractivity contribution in [3.8, 4) is 0 Å². The van der Waals surface area contributed by atoms with E-state index < -0.39 is 0 Å². The SMILES string of the molecule is O=C(CSc1n[nH]c(C=Cc2ccc(F)cc2)n1)NCc1ccc(Cl)cc1Cl. The number of amides is 1. The number of hydrogen-bond acceptors (Lipinski definition) is 4. The smallest absolute Gasteiger partial charge is 0.230 e. The van der Waals surface area contributed by atoms with Crippen molar-refractivity contribution in [3.63, 3.8) is 0 Å². The van der Waals surface area contributed by atoms with Crippen molar-refractivity contribution in [1.29, 1.82) is 0 Å². The summed E-state index contributed by atoms with van der Waals surface area (Å²) in [6, 6.07) is 11.2. The second kappa shape index (κ2) is 9.73. The van der Waals surface area contributed by atoms with Gasteiger partial charge in [-0.05, 0) is 41.5 Å². The van der Waals surface area contributed by atoms with Gasteiger partial charge in [0.25, 0.3) is 0 Å². The van der Waals surface area contributed by atoms with Gasteiger partial charge in [0.05, 0.1) is 5.75 Å². The molecule has 144 valence electrons. The van der Waals surface area contributed by atoms with Crippen LogP contribution < -0.4 is 5.32 Å². The molecule has 3 aromatic rings. The molecule has 5 nitrogen and oxygen atoms in total. The van der Waals surface area contributed by atoms with E-state index in [-0.39, 0.29) is 17.5 Å². The maximum Gasteiger partial charge on any atom is 0.230 e. The fourth-order valence-electron chi connectivity index (χ4n) is 2.19. The first kappa shape index (κ1) is 20.4. The lowest BCUT2D eigenvalue weighted by atomic mass is 10.2. The summed E-state index contributed by atoms with van der Waals surface area (Å²) in [7, 11) is 0. The lowest BCUT2D eigenvalue weighted by molar-refractivity contribution is -0.118. The molecule has 0 saturated carbocycles. The number of aromatic nitrogens is 3. The molecule has 9 heteroatoms. The summed E-state index contributed by atoms with van der Waals surface area (Å²) in [4.78, 5) is 16.3. The molecule has 0 bridgehead atoms. The highest BCUT2D eigenvalue weighted by Crippen LogP contribution is 2.21. The van der Waals surface area contributed by atoms with Crippen LogP contribution in [0.3, 0.4) is 0 Å². The Hall–Kier alpha value is -2.35. The van der Waals surface area contributed by atoms with E-state index in [4.69, 9.17) is 23.2 Å². The highest BCUT2D eigenvalue weighted by Gasteiger charge is 2.08. The maximum absolute atomic E-state index is 12.9. The van der Waals surface area contributed by atoms with Crippen molar-refractivity contribution in [3.05, 3.63) is 75.3 Å². The summed E-state index contributed by atoms with van der Waals surface area (Å²) < 4.78 is 12.9. The lowest BCUT2D eigenvalue weighted by Crippen LogP contribution is -2.24. The van der Waals surface area contributed by atoms with Crippen LogP contribution in [-0.4, -0.2) is 26.8 Å². The molecule has 3 rings (SSSR count). The van der Waals surface area contributed by atoms with E-state index in [0.717, 1.165) is 11.1 Å². The summed E-state index contributed by atoms with van der Waals surface area (Å²) in [5, 5.41) is 11.1. The Morgan fingerprint density at radius 2 is 1.96 bits per heavy atom. The molecule has 0 aliphatic heterocycles. The number of carbonyl (C=O) groups excluding carboxylic acids is 1. The Balaban J connectivity index is 1.47. The lowest BCUT2D eigenvalue weighted by Gasteiger charge is -2.06. The zero-order chi connectivity index (χ0) is 19.9. The fraction of sp³-hybridized carbons (Fsp3) is 0.105. The Labute approximate surface area is 175 Å².